The fourth-order valence-corrected chi connectivity index (χ4v) is 3.25. The average Bonchev–Trinajstić information content (AvgIpc) is 3.02. The molecule has 0 bridgehead atoms. The van der Waals surface area contributed by atoms with Crippen molar-refractivity contribution in [1.29, 1.82) is 0 Å². The second kappa shape index (κ2) is 9.19. The molecule has 132 valence electrons. The molecule has 6 nitrogen and oxygen atoms in total. The van der Waals surface area contributed by atoms with Crippen molar-refractivity contribution in [1.82, 2.24) is 5.32 Å². The van der Waals surface area contributed by atoms with E-state index >= 15 is 0 Å². The van der Waals surface area contributed by atoms with Gasteiger partial charge in [0.1, 0.15) is 10.8 Å². The van der Waals surface area contributed by atoms with Gasteiger partial charge in [-0.05, 0) is 42.6 Å². The molecule has 0 aliphatic rings. The number of ether oxygens (including phenoxy) is 1. The van der Waals surface area contributed by atoms with E-state index < -0.39 is 12.0 Å². The van der Waals surface area contributed by atoms with Crippen molar-refractivity contribution in [3.63, 3.8) is 0 Å². The lowest BCUT2D eigenvalue weighted by atomic mass is 10.3. The van der Waals surface area contributed by atoms with Crippen LogP contribution in [0.3, 0.4) is 0 Å². The van der Waals surface area contributed by atoms with Gasteiger partial charge in [0.05, 0.1) is 17.9 Å². The van der Waals surface area contributed by atoms with Crippen LogP contribution in [0.5, 0.6) is 0 Å². The third kappa shape index (κ3) is 5.87. The van der Waals surface area contributed by atoms with Crippen LogP contribution in [0.25, 0.3) is 0 Å². The molecule has 1 aromatic heterocycles. The number of hydrogen-bond acceptors (Lipinski definition) is 6. The normalized spacial score (nSPS) is 10.2. The molecule has 25 heavy (non-hydrogen) atoms. The summed E-state index contributed by atoms with van der Waals surface area (Å²) in [7, 11) is 0. The number of hydrogen-bond donors (Lipinski definition) is 2. The number of anilines is 1. The number of rotatable bonds is 6. The van der Waals surface area contributed by atoms with Gasteiger partial charge < -0.3 is 10.1 Å². The summed E-state index contributed by atoms with van der Waals surface area (Å²) in [4.78, 5) is 36.1. The van der Waals surface area contributed by atoms with Gasteiger partial charge in [0.15, 0.2) is 0 Å². The van der Waals surface area contributed by atoms with Crippen LogP contribution in [0.15, 0.2) is 40.6 Å². The van der Waals surface area contributed by atoms with E-state index in [-0.39, 0.29) is 29.6 Å². The van der Waals surface area contributed by atoms with E-state index in [0.717, 1.165) is 4.90 Å². The highest BCUT2D eigenvalue weighted by Crippen LogP contribution is 2.24. The van der Waals surface area contributed by atoms with Crippen LogP contribution in [-0.4, -0.2) is 30.3 Å². The minimum absolute atomic E-state index is 0.0997. The molecule has 3 amide bonds. The molecular formula is C16H15FN2O4S2. The molecule has 0 saturated carbocycles. The van der Waals surface area contributed by atoms with Crippen molar-refractivity contribution >= 4 is 46.0 Å². The van der Waals surface area contributed by atoms with Crippen LogP contribution in [-0.2, 0) is 9.53 Å². The Bertz CT molecular complexity index is 762. The smallest absolute Gasteiger partial charge is 0.414 e. The van der Waals surface area contributed by atoms with Crippen LogP contribution in [0, 0.1) is 5.82 Å². The van der Waals surface area contributed by atoms with Crippen molar-refractivity contribution < 1.29 is 23.5 Å². The second-order valence-electron chi connectivity index (χ2n) is 4.63. The number of carbonyl (C=O) groups is 3. The number of halogens is 1. The lowest BCUT2D eigenvalue weighted by Crippen LogP contribution is -2.31. The highest BCUT2D eigenvalue weighted by molar-refractivity contribution is 8.00. The van der Waals surface area contributed by atoms with Gasteiger partial charge in [-0.2, -0.15) is 0 Å². The molecule has 0 spiro atoms. The monoisotopic (exact) mass is 382 g/mol. The Labute approximate surface area is 151 Å². The van der Waals surface area contributed by atoms with Crippen molar-refractivity contribution in [2.24, 2.45) is 0 Å². The first-order valence-corrected chi connectivity index (χ1v) is 9.10. The Kier molecular flexibility index (Phi) is 6.96. The fourth-order valence-electron chi connectivity index (χ4n) is 1.75. The van der Waals surface area contributed by atoms with Gasteiger partial charge >= 0.3 is 6.09 Å². The molecule has 0 atom stereocenters. The summed E-state index contributed by atoms with van der Waals surface area (Å²) >= 11 is 2.41. The number of imide groups is 1. The van der Waals surface area contributed by atoms with Gasteiger partial charge in [-0.1, -0.05) is 0 Å². The lowest BCUT2D eigenvalue weighted by Gasteiger charge is -2.07. The van der Waals surface area contributed by atoms with Gasteiger partial charge in [-0.15, -0.1) is 23.1 Å². The summed E-state index contributed by atoms with van der Waals surface area (Å²) < 4.78 is 17.5. The zero-order valence-corrected chi connectivity index (χ0v) is 14.8. The average molecular weight is 382 g/mol. The minimum atomic E-state index is -0.845. The van der Waals surface area contributed by atoms with E-state index in [9.17, 15) is 18.8 Å². The molecule has 2 rings (SSSR count). The molecule has 2 aromatic rings. The number of benzene rings is 1. The maximum atomic E-state index is 12.8. The third-order valence-electron chi connectivity index (χ3n) is 2.84. The third-order valence-corrected chi connectivity index (χ3v) is 4.68. The Balaban J connectivity index is 1.91. The van der Waals surface area contributed by atoms with E-state index in [0.29, 0.717) is 5.00 Å². The highest BCUT2D eigenvalue weighted by Gasteiger charge is 2.17. The fraction of sp³-hybridized carbons (Fsp3) is 0.188. The topological polar surface area (TPSA) is 84.5 Å². The van der Waals surface area contributed by atoms with Crippen molar-refractivity contribution in [3.05, 3.63) is 47.1 Å². The van der Waals surface area contributed by atoms with E-state index in [1.807, 2.05) is 0 Å². The number of nitrogens with one attached hydrogen (secondary N) is 2. The Morgan fingerprint density at radius 3 is 2.60 bits per heavy atom. The number of amides is 3. The summed E-state index contributed by atoms with van der Waals surface area (Å²) in [5, 5.41) is 6.67. The van der Waals surface area contributed by atoms with E-state index in [1.165, 1.54) is 41.3 Å². The predicted molar refractivity (Wildman–Crippen MR) is 94.6 cm³/mol. The summed E-state index contributed by atoms with van der Waals surface area (Å²) in [5.41, 5.74) is 0.179. The predicted octanol–water partition coefficient (Wildman–Crippen LogP) is 3.50. The minimum Gasteiger partial charge on any atom is -0.450 e. The quantitative estimate of drug-likeness (QED) is 0.747. The molecule has 1 aromatic carbocycles. The first-order chi connectivity index (χ1) is 12.0. The Hall–Kier alpha value is -2.39. The summed E-state index contributed by atoms with van der Waals surface area (Å²) in [5.74, 6) is -1.21. The van der Waals surface area contributed by atoms with E-state index in [4.69, 9.17) is 0 Å². The Morgan fingerprint density at radius 2 is 1.92 bits per heavy atom. The molecule has 0 unspecified atom stereocenters. The van der Waals surface area contributed by atoms with Gasteiger partial charge in [0.25, 0.3) is 5.91 Å². The van der Waals surface area contributed by atoms with Crippen LogP contribution in [0.1, 0.15) is 17.3 Å². The molecule has 9 heteroatoms. The van der Waals surface area contributed by atoms with Crippen LogP contribution in [0.4, 0.5) is 14.2 Å². The van der Waals surface area contributed by atoms with Gasteiger partial charge in [-0.3, -0.25) is 14.9 Å². The highest BCUT2D eigenvalue weighted by atomic mass is 32.2. The molecule has 0 aliphatic heterocycles. The van der Waals surface area contributed by atoms with Crippen LogP contribution >= 0.6 is 23.1 Å². The first kappa shape index (κ1) is 18.9. The molecule has 1 heterocycles. The van der Waals surface area contributed by atoms with Crippen molar-refractivity contribution in [2.75, 3.05) is 17.7 Å². The van der Waals surface area contributed by atoms with E-state index in [1.54, 1.807) is 24.4 Å². The number of alkyl carbamates (subject to hydrolysis) is 1. The van der Waals surface area contributed by atoms with E-state index in [2.05, 4.69) is 15.4 Å². The number of carbonyl (C=O) groups excluding carboxylic acids is 3. The Morgan fingerprint density at radius 1 is 1.20 bits per heavy atom. The molecular weight excluding hydrogens is 367 g/mol. The first-order valence-electron chi connectivity index (χ1n) is 7.23. The van der Waals surface area contributed by atoms with Crippen molar-refractivity contribution in [2.45, 2.75) is 11.8 Å². The zero-order valence-electron chi connectivity index (χ0n) is 13.2. The SMILES string of the molecule is CCOC(=O)NC(=O)c1ccsc1NC(=O)CSc1ccc(F)cc1. The zero-order chi connectivity index (χ0) is 18.2. The molecule has 0 radical (unpaired) electrons. The maximum absolute atomic E-state index is 12.8. The van der Waals surface area contributed by atoms with Gasteiger partial charge in [0.2, 0.25) is 5.91 Å². The molecule has 0 fully saturated rings. The van der Waals surface area contributed by atoms with Gasteiger partial charge in [-0.25, -0.2) is 9.18 Å². The number of thiophene rings is 1. The van der Waals surface area contributed by atoms with Crippen LogP contribution in [0.2, 0.25) is 0 Å². The summed E-state index contributed by atoms with van der Waals surface area (Å²) in [6.45, 7) is 1.77. The lowest BCUT2D eigenvalue weighted by molar-refractivity contribution is -0.113. The van der Waals surface area contributed by atoms with Crippen LogP contribution < -0.4 is 10.6 Å². The standard InChI is InChI=1S/C16H15FN2O4S2/c1-2-23-16(22)19-14(21)12-7-8-24-15(12)18-13(20)9-25-11-5-3-10(17)4-6-11/h3-8H,2,9H2,1H3,(H,18,20)(H,19,21,22). The summed E-state index contributed by atoms with van der Waals surface area (Å²) in [6, 6.07) is 7.30. The van der Waals surface area contributed by atoms with Gasteiger partial charge in [0, 0.05) is 4.90 Å². The molecule has 0 saturated heterocycles. The largest absolute Gasteiger partial charge is 0.450 e. The van der Waals surface area contributed by atoms with Crippen molar-refractivity contribution in [3.8, 4) is 0 Å². The molecule has 0 aliphatic carbocycles. The maximum Gasteiger partial charge on any atom is 0.414 e. The number of thioether (sulfide) groups is 1. The molecule has 2 N–H and O–H groups in total. The summed E-state index contributed by atoms with van der Waals surface area (Å²) in [6.07, 6.45) is -0.845. The second-order valence-corrected chi connectivity index (χ2v) is 6.59.